The molecule has 1 aliphatic carbocycles. The second kappa shape index (κ2) is 1.73. The van der Waals surface area contributed by atoms with Gasteiger partial charge in [0, 0.05) is 6.54 Å². The summed E-state index contributed by atoms with van der Waals surface area (Å²) in [4.78, 5) is 0. The summed E-state index contributed by atoms with van der Waals surface area (Å²) in [6.45, 7) is 3.53. The van der Waals surface area contributed by atoms with Gasteiger partial charge in [0.25, 0.3) is 0 Å². The molecule has 45 valence electrons. The van der Waals surface area contributed by atoms with Crippen LogP contribution in [0.1, 0.15) is 19.3 Å². The maximum Gasteiger partial charge on any atom is 0.0252 e. The van der Waals surface area contributed by atoms with Gasteiger partial charge >= 0.3 is 0 Å². The highest BCUT2D eigenvalue weighted by Crippen LogP contribution is 2.34. The molecule has 1 heterocycles. The van der Waals surface area contributed by atoms with Crippen molar-refractivity contribution >= 4 is 0 Å². The van der Waals surface area contributed by atoms with Crippen molar-refractivity contribution < 1.29 is 0 Å². The lowest BCUT2D eigenvalue weighted by atomic mass is 10.0. The van der Waals surface area contributed by atoms with Crippen LogP contribution in [0.25, 0.3) is 0 Å². The minimum absolute atomic E-state index is 0.925. The second-order valence-corrected chi connectivity index (χ2v) is 3.01. The molecule has 0 aromatic rings. The Labute approximate surface area is 50.5 Å². The minimum atomic E-state index is 0.925. The van der Waals surface area contributed by atoms with E-state index in [1.165, 1.54) is 25.8 Å². The van der Waals surface area contributed by atoms with Crippen molar-refractivity contribution in [3.05, 3.63) is 6.54 Å². The Bertz CT molecular complexity index is 76.4. The fourth-order valence-electron chi connectivity index (χ4n) is 1.85. The van der Waals surface area contributed by atoms with Gasteiger partial charge in [0.15, 0.2) is 0 Å². The van der Waals surface area contributed by atoms with E-state index in [2.05, 4.69) is 11.9 Å². The molecular formula is C7H12N. The molecule has 1 nitrogen and oxygen atoms in total. The summed E-state index contributed by atoms with van der Waals surface area (Å²) >= 11 is 0. The van der Waals surface area contributed by atoms with Crippen molar-refractivity contribution in [3.8, 4) is 0 Å². The normalized spacial score (nSPS) is 45.0. The van der Waals surface area contributed by atoms with Crippen LogP contribution in [0.2, 0.25) is 0 Å². The molecule has 1 aliphatic heterocycles. The summed E-state index contributed by atoms with van der Waals surface area (Å²) in [5.41, 5.74) is 0. The fraction of sp³-hybridized carbons (Fsp3) is 0.857. The summed E-state index contributed by atoms with van der Waals surface area (Å²) in [6.07, 6.45) is 4.37. The third-order valence-corrected chi connectivity index (χ3v) is 2.34. The molecule has 0 amide bonds. The predicted molar refractivity (Wildman–Crippen MR) is 33.1 cm³/mol. The van der Waals surface area contributed by atoms with Gasteiger partial charge in [-0.2, -0.15) is 0 Å². The van der Waals surface area contributed by atoms with Crippen LogP contribution in [0.15, 0.2) is 0 Å². The second-order valence-electron chi connectivity index (χ2n) is 3.01. The van der Waals surface area contributed by atoms with Crippen LogP contribution in [0.5, 0.6) is 0 Å². The smallest absolute Gasteiger partial charge is 0.0252 e. The van der Waals surface area contributed by atoms with Gasteiger partial charge in [-0.05, 0) is 37.6 Å². The van der Waals surface area contributed by atoms with Gasteiger partial charge in [-0.25, -0.2) is 0 Å². The van der Waals surface area contributed by atoms with E-state index in [9.17, 15) is 0 Å². The maximum absolute atomic E-state index is 3.32. The molecule has 2 bridgehead atoms. The van der Waals surface area contributed by atoms with Crippen LogP contribution >= 0.6 is 0 Å². The lowest BCUT2D eigenvalue weighted by molar-refractivity contribution is 0.427. The van der Waals surface area contributed by atoms with Crippen molar-refractivity contribution in [2.75, 3.05) is 6.54 Å². The highest BCUT2D eigenvalue weighted by molar-refractivity contribution is 4.89. The molecule has 2 atom stereocenters. The molecule has 0 aromatic carbocycles. The van der Waals surface area contributed by atoms with E-state index in [0.29, 0.717) is 0 Å². The average Bonchev–Trinajstić information content (AvgIpc) is 2.12. The molecular weight excluding hydrogens is 98.1 g/mol. The zero-order valence-corrected chi connectivity index (χ0v) is 5.06. The first-order valence-electron chi connectivity index (χ1n) is 3.52. The van der Waals surface area contributed by atoms with Crippen molar-refractivity contribution in [2.24, 2.45) is 11.8 Å². The Morgan fingerprint density at radius 1 is 1.38 bits per heavy atom. The van der Waals surface area contributed by atoms with E-state index < -0.39 is 0 Å². The van der Waals surface area contributed by atoms with E-state index in [1.807, 2.05) is 0 Å². The maximum atomic E-state index is 3.32. The summed E-state index contributed by atoms with van der Waals surface area (Å²) in [6, 6.07) is 0. The summed E-state index contributed by atoms with van der Waals surface area (Å²) in [5.74, 6) is 1.94. The molecule has 0 aromatic heterocycles. The predicted octanol–water partition coefficient (Wildman–Crippen LogP) is 1.17. The van der Waals surface area contributed by atoms with Gasteiger partial charge in [0.05, 0.1) is 0 Å². The van der Waals surface area contributed by atoms with Gasteiger partial charge in [-0.3, -0.25) is 0 Å². The molecule has 0 spiro atoms. The zero-order chi connectivity index (χ0) is 5.40. The molecule has 2 unspecified atom stereocenters. The van der Waals surface area contributed by atoms with Gasteiger partial charge in [0.1, 0.15) is 0 Å². The first kappa shape index (κ1) is 4.80. The number of piperidine rings is 1. The number of hydrogen-bond donors (Lipinski definition) is 1. The average molecular weight is 110 g/mol. The lowest BCUT2D eigenvalue weighted by Gasteiger charge is -2.18. The number of rotatable bonds is 0. The van der Waals surface area contributed by atoms with Crippen molar-refractivity contribution in [3.63, 3.8) is 0 Å². The molecule has 1 saturated heterocycles. The Hall–Kier alpha value is -0.0400. The molecule has 1 radical (unpaired) electrons. The molecule has 1 saturated carbocycles. The highest BCUT2D eigenvalue weighted by atomic mass is 14.9. The highest BCUT2D eigenvalue weighted by Gasteiger charge is 2.27. The summed E-state index contributed by atoms with van der Waals surface area (Å²) in [7, 11) is 0. The zero-order valence-electron chi connectivity index (χ0n) is 5.06. The summed E-state index contributed by atoms with van der Waals surface area (Å²) in [5, 5.41) is 3.32. The lowest BCUT2D eigenvalue weighted by Crippen LogP contribution is -2.25. The van der Waals surface area contributed by atoms with Crippen LogP contribution in [0.4, 0.5) is 0 Å². The standard InChI is InChI=1S/C7H12N/c1-2-7-3-6(1)4-8-5-7/h4,6-8H,1-3,5H2. The Kier molecular flexibility index (Phi) is 1.04. The molecule has 2 aliphatic rings. The van der Waals surface area contributed by atoms with Gasteiger partial charge in [-0.15, -0.1) is 0 Å². The van der Waals surface area contributed by atoms with Crippen molar-refractivity contribution in [1.82, 2.24) is 5.32 Å². The summed E-state index contributed by atoms with van der Waals surface area (Å²) < 4.78 is 0. The van der Waals surface area contributed by atoms with Crippen molar-refractivity contribution in [2.45, 2.75) is 19.3 Å². The Morgan fingerprint density at radius 2 is 2.38 bits per heavy atom. The third kappa shape index (κ3) is 0.655. The van der Waals surface area contributed by atoms with Crippen LogP contribution in [0.3, 0.4) is 0 Å². The Morgan fingerprint density at radius 3 is 3.12 bits per heavy atom. The van der Waals surface area contributed by atoms with E-state index >= 15 is 0 Å². The van der Waals surface area contributed by atoms with E-state index in [-0.39, 0.29) is 0 Å². The van der Waals surface area contributed by atoms with Crippen LogP contribution < -0.4 is 5.32 Å². The Balaban J connectivity index is 2.03. The third-order valence-electron chi connectivity index (χ3n) is 2.34. The number of fused-ring (bicyclic) bond motifs is 2. The van der Waals surface area contributed by atoms with Crippen LogP contribution in [-0.2, 0) is 0 Å². The number of hydrogen-bond acceptors (Lipinski definition) is 1. The van der Waals surface area contributed by atoms with Crippen LogP contribution in [0, 0.1) is 18.4 Å². The van der Waals surface area contributed by atoms with E-state index in [4.69, 9.17) is 0 Å². The van der Waals surface area contributed by atoms with Gasteiger partial charge in [0.2, 0.25) is 0 Å². The van der Waals surface area contributed by atoms with Gasteiger partial charge in [-0.1, -0.05) is 0 Å². The van der Waals surface area contributed by atoms with E-state index in [0.717, 1.165) is 11.8 Å². The first-order chi connectivity index (χ1) is 3.95. The minimum Gasteiger partial charge on any atom is -0.312 e. The molecule has 1 N–H and O–H groups in total. The van der Waals surface area contributed by atoms with Crippen molar-refractivity contribution in [1.29, 1.82) is 0 Å². The molecule has 1 heteroatoms. The van der Waals surface area contributed by atoms with E-state index in [1.54, 1.807) is 0 Å². The first-order valence-corrected chi connectivity index (χ1v) is 3.52. The monoisotopic (exact) mass is 110 g/mol. The molecule has 2 rings (SSSR count). The fourth-order valence-corrected chi connectivity index (χ4v) is 1.85. The topological polar surface area (TPSA) is 12.0 Å². The van der Waals surface area contributed by atoms with Crippen LogP contribution in [-0.4, -0.2) is 6.54 Å². The quantitative estimate of drug-likeness (QED) is 0.493. The van der Waals surface area contributed by atoms with Gasteiger partial charge < -0.3 is 5.32 Å². The molecule has 2 fully saturated rings. The molecule has 8 heavy (non-hydrogen) atoms. The SMILES string of the molecule is [CH]1NCC2CCC1C2. The number of nitrogens with one attached hydrogen (secondary N) is 1. The largest absolute Gasteiger partial charge is 0.312 e.